The molecule has 0 saturated heterocycles. The summed E-state index contributed by atoms with van der Waals surface area (Å²) >= 11 is 0. The van der Waals surface area contributed by atoms with Crippen LogP contribution >= 0.6 is 0 Å². The molecule has 1 atom stereocenters. The first kappa shape index (κ1) is 17.1. The summed E-state index contributed by atoms with van der Waals surface area (Å²) < 4.78 is 27.1. The maximum atomic E-state index is 13.8. The lowest BCUT2D eigenvalue weighted by molar-refractivity contribution is 0.144. The highest BCUT2D eigenvalue weighted by atomic mass is 19.2. The lowest BCUT2D eigenvalue weighted by Gasteiger charge is -2.35. The molecule has 1 N–H and O–H groups in total. The van der Waals surface area contributed by atoms with Crippen molar-refractivity contribution in [3.8, 4) is 0 Å². The van der Waals surface area contributed by atoms with E-state index >= 15 is 0 Å². The summed E-state index contributed by atoms with van der Waals surface area (Å²) in [6.45, 7) is 7.34. The summed E-state index contributed by atoms with van der Waals surface area (Å²) in [7, 11) is 3.85. The molecule has 4 heteroatoms. The second kappa shape index (κ2) is 7.14. The zero-order chi connectivity index (χ0) is 15.3. The van der Waals surface area contributed by atoms with E-state index < -0.39 is 11.6 Å². The Bertz CT molecular complexity index is 432. The van der Waals surface area contributed by atoms with E-state index in [0.29, 0.717) is 5.56 Å². The predicted octanol–water partition coefficient (Wildman–Crippen LogP) is 3.74. The van der Waals surface area contributed by atoms with Gasteiger partial charge in [0.25, 0.3) is 0 Å². The summed E-state index contributed by atoms with van der Waals surface area (Å²) in [5, 5.41) is 3.08. The van der Waals surface area contributed by atoms with Gasteiger partial charge < -0.3 is 10.2 Å². The smallest absolute Gasteiger partial charge is 0.163 e. The highest BCUT2D eigenvalue weighted by molar-refractivity contribution is 5.22. The number of nitrogens with zero attached hydrogens (tertiary/aromatic N) is 1. The van der Waals surface area contributed by atoms with Crippen LogP contribution in [0.4, 0.5) is 8.78 Å². The van der Waals surface area contributed by atoms with Crippen molar-refractivity contribution < 1.29 is 8.78 Å². The van der Waals surface area contributed by atoms with Crippen molar-refractivity contribution in [1.82, 2.24) is 10.2 Å². The molecule has 0 spiro atoms. The third kappa shape index (κ3) is 4.00. The Kier molecular flexibility index (Phi) is 6.08. The topological polar surface area (TPSA) is 15.3 Å². The summed E-state index contributed by atoms with van der Waals surface area (Å²) in [4.78, 5) is 2.26. The standard InChI is InChI=1S/C16H26F2N2/c1-6-16(2,3)20(5)11-10-14(19-4)12-8-7-9-13(17)15(12)18/h7-9,14,19H,6,10-11H2,1-5H3. The van der Waals surface area contributed by atoms with E-state index in [9.17, 15) is 8.78 Å². The predicted molar refractivity (Wildman–Crippen MR) is 79.8 cm³/mol. The number of hydrogen-bond donors (Lipinski definition) is 1. The van der Waals surface area contributed by atoms with Crippen molar-refractivity contribution >= 4 is 0 Å². The summed E-state index contributed by atoms with van der Waals surface area (Å²) in [6, 6.07) is 4.17. The van der Waals surface area contributed by atoms with Crippen LogP contribution in [0, 0.1) is 11.6 Å². The molecule has 1 unspecified atom stereocenters. The first-order valence-electron chi connectivity index (χ1n) is 7.16. The van der Waals surface area contributed by atoms with Gasteiger partial charge in [0.05, 0.1) is 0 Å². The van der Waals surface area contributed by atoms with Gasteiger partial charge in [0.15, 0.2) is 11.6 Å². The van der Waals surface area contributed by atoms with Crippen LogP contribution in [0.15, 0.2) is 18.2 Å². The van der Waals surface area contributed by atoms with E-state index in [4.69, 9.17) is 0 Å². The van der Waals surface area contributed by atoms with Gasteiger partial charge in [0.2, 0.25) is 0 Å². The maximum Gasteiger partial charge on any atom is 0.163 e. The quantitative estimate of drug-likeness (QED) is 0.820. The van der Waals surface area contributed by atoms with Gasteiger partial charge in [0.1, 0.15) is 0 Å². The molecule has 0 fully saturated rings. The molecule has 2 nitrogen and oxygen atoms in total. The van der Waals surface area contributed by atoms with Gasteiger partial charge in [-0.15, -0.1) is 0 Å². The van der Waals surface area contributed by atoms with Crippen molar-refractivity contribution in [1.29, 1.82) is 0 Å². The normalized spacial score (nSPS) is 13.8. The first-order chi connectivity index (χ1) is 9.33. The Morgan fingerprint density at radius 1 is 1.30 bits per heavy atom. The van der Waals surface area contributed by atoms with E-state index in [1.165, 1.54) is 0 Å². The molecule has 1 aromatic rings. The van der Waals surface area contributed by atoms with Gasteiger partial charge >= 0.3 is 0 Å². The number of hydrogen-bond acceptors (Lipinski definition) is 2. The second-order valence-electron chi connectivity index (χ2n) is 5.86. The lowest BCUT2D eigenvalue weighted by Crippen LogP contribution is -2.41. The summed E-state index contributed by atoms with van der Waals surface area (Å²) in [6.07, 6.45) is 1.78. The third-order valence-electron chi connectivity index (χ3n) is 4.36. The van der Waals surface area contributed by atoms with E-state index in [-0.39, 0.29) is 11.6 Å². The molecular weight excluding hydrogens is 258 g/mol. The highest BCUT2D eigenvalue weighted by Crippen LogP contribution is 2.24. The van der Waals surface area contributed by atoms with Gasteiger partial charge in [0, 0.05) is 23.7 Å². The molecule has 20 heavy (non-hydrogen) atoms. The van der Waals surface area contributed by atoms with E-state index in [1.807, 2.05) is 0 Å². The summed E-state index contributed by atoms with van der Waals surface area (Å²) in [5.74, 6) is -1.53. The van der Waals surface area contributed by atoms with Crippen molar-refractivity contribution in [3.63, 3.8) is 0 Å². The van der Waals surface area contributed by atoms with Crippen molar-refractivity contribution in [2.75, 3.05) is 20.6 Å². The minimum atomic E-state index is -0.787. The lowest BCUT2D eigenvalue weighted by atomic mass is 9.98. The van der Waals surface area contributed by atoms with Crippen LogP contribution in [0.1, 0.15) is 45.2 Å². The van der Waals surface area contributed by atoms with E-state index in [1.54, 1.807) is 19.2 Å². The molecule has 0 aliphatic heterocycles. The number of rotatable bonds is 7. The summed E-state index contributed by atoms with van der Waals surface area (Å²) in [5.41, 5.74) is 0.508. The van der Waals surface area contributed by atoms with Gasteiger partial charge in [-0.3, -0.25) is 0 Å². The third-order valence-corrected chi connectivity index (χ3v) is 4.36. The van der Waals surface area contributed by atoms with E-state index in [0.717, 1.165) is 25.5 Å². The molecule has 0 bridgehead atoms. The van der Waals surface area contributed by atoms with Gasteiger partial charge in [-0.2, -0.15) is 0 Å². The highest BCUT2D eigenvalue weighted by Gasteiger charge is 2.23. The zero-order valence-corrected chi connectivity index (χ0v) is 13.1. The van der Waals surface area contributed by atoms with Crippen LogP contribution in [-0.4, -0.2) is 31.1 Å². The molecule has 1 rings (SSSR count). The SMILES string of the molecule is CCC(C)(C)N(C)CCC(NC)c1cccc(F)c1F. The van der Waals surface area contributed by atoms with Gasteiger partial charge in [-0.1, -0.05) is 19.1 Å². The van der Waals surface area contributed by atoms with Crippen LogP contribution in [0.3, 0.4) is 0 Å². The molecule has 0 aromatic heterocycles. The Morgan fingerprint density at radius 2 is 1.95 bits per heavy atom. The average Bonchev–Trinajstić information content (AvgIpc) is 2.43. The number of benzene rings is 1. The Labute approximate surface area is 121 Å². The van der Waals surface area contributed by atoms with Crippen LogP contribution in [0.25, 0.3) is 0 Å². The van der Waals surface area contributed by atoms with Crippen LogP contribution < -0.4 is 5.32 Å². The van der Waals surface area contributed by atoms with Crippen LogP contribution in [0.5, 0.6) is 0 Å². The molecule has 114 valence electrons. The fourth-order valence-corrected chi connectivity index (χ4v) is 2.14. The second-order valence-corrected chi connectivity index (χ2v) is 5.86. The molecule has 1 aromatic carbocycles. The van der Waals surface area contributed by atoms with Crippen molar-refractivity contribution in [3.05, 3.63) is 35.4 Å². The fourth-order valence-electron chi connectivity index (χ4n) is 2.14. The molecule has 0 aliphatic rings. The number of halogens is 2. The minimum Gasteiger partial charge on any atom is -0.313 e. The Balaban J connectivity index is 2.76. The maximum absolute atomic E-state index is 13.8. The van der Waals surface area contributed by atoms with E-state index in [2.05, 4.69) is 38.0 Å². The Morgan fingerprint density at radius 3 is 2.50 bits per heavy atom. The van der Waals surface area contributed by atoms with Crippen molar-refractivity contribution in [2.45, 2.75) is 45.2 Å². The molecule has 0 aliphatic carbocycles. The molecular formula is C16H26F2N2. The van der Waals surface area contributed by atoms with Gasteiger partial charge in [-0.05, 0) is 46.9 Å². The monoisotopic (exact) mass is 284 g/mol. The largest absolute Gasteiger partial charge is 0.313 e. The van der Waals surface area contributed by atoms with Crippen LogP contribution in [0.2, 0.25) is 0 Å². The molecule has 0 radical (unpaired) electrons. The van der Waals surface area contributed by atoms with Gasteiger partial charge in [-0.25, -0.2) is 8.78 Å². The fraction of sp³-hybridized carbons (Fsp3) is 0.625. The number of nitrogens with one attached hydrogen (secondary N) is 1. The van der Waals surface area contributed by atoms with Crippen LogP contribution in [-0.2, 0) is 0 Å². The minimum absolute atomic E-state index is 0.110. The first-order valence-corrected chi connectivity index (χ1v) is 7.16. The molecule has 0 saturated carbocycles. The zero-order valence-electron chi connectivity index (χ0n) is 13.1. The Hall–Kier alpha value is -1.00. The average molecular weight is 284 g/mol. The molecule has 0 heterocycles. The molecule has 0 amide bonds. The van der Waals surface area contributed by atoms with Crippen molar-refractivity contribution in [2.24, 2.45) is 0 Å².